The Labute approximate surface area is 200 Å². The first-order chi connectivity index (χ1) is 16.9. The maximum atomic E-state index is 14.1. The lowest BCUT2D eigenvalue weighted by Gasteiger charge is -2.36. The molecule has 0 radical (unpaired) electrons. The van der Waals surface area contributed by atoms with Crippen LogP contribution >= 0.6 is 0 Å². The number of ketones is 1. The Morgan fingerprint density at radius 3 is 1.94 bits per heavy atom. The summed E-state index contributed by atoms with van der Waals surface area (Å²) in [5.74, 6) is -0.249. The highest BCUT2D eigenvalue weighted by atomic mass is 19.4. The molecule has 35 heavy (non-hydrogen) atoms. The van der Waals surface area contributed by atoms with Crippen molar-refractivity contribution < 1.29 is 18.0 Å². The van der Waals surface area contributed by atoms with Crippen LogP contribution in [0.5, 0.6) is 0 Å². The number of carbonyl (C=O) groups excluding carboxylic acids is 1. The van der Waals surface area contributed by atoms with E-state index in [1.54, 1.807) is 6.08 Å². The number of hydrogen-bond acceptors (Lipinski definition) is 1. The summed E-state index contributed by atoms with van der Waals surface area (Å²) in [5.41, 5.74) is 3.49. The number of allylic oxidation sites excluding steroid dienone is 2. The summed E-state index contributed by atoms with van der Waals surface area (Å²) < 4.78 is 41.8. The normalized spacial score (nSPS) is 18.7. The molecular formula is C31H19F3O. The molecule has 1 atom stereocenters. The Morgan fingerprint density at radius 2 is 1.26 bits per heavy atom. The summed E-state index contributed by atoms with van der Waals surface area (Å²) >= 11 is 0. The van der Waals surface area contributed by atoms with Gasteiger partial charge in [-0.1, -0.05) is 97.1 Å². The van der Waals surface area contributed by atoms with Crippen LogP contribution in [-0.4, -0.2) is 5.78 Å². The third-order valence-electron chi connectivity index (χ3n) is 6.92. The highest BCUT2D eigenvalue weighted by Crippen LogP contribution is 2.59. The van der Waals surface area contributed by atoms with Crippen LogP contribution in [0, 0.1) is 0 Å². The SMILES string of the molecule is O=C1C=Cc2ccccc2C12C(c1ccccc1)=C(c1ccccc1)c1ccc(C(F)(F)F)cc12. The summed E-state index contributed by atoms with van der Waals surface area (Å²) in [5, 5.41) is 0. The van der Waals surface area contributed by atoms with Gasteiger partial charge in [-0.05, 0) is 62.7 Å². The topological polar surface area (TPSA) is 17.1 Å². The van der Waals surface area contributed by atoms with Crippen LogP contribution in [0.15, 0.2) is 109 Å². The van der Waals surface area contributed by atoms with E-state index in [9.17, 15) is 18.0 Å². The van der Waals surface area contributed by atoms with Crippen LogP contribution in [0.1, 0.15) is 38.9 Å². The molecule has 4 heteroatoms. The molecule has 0 aliphatic heterocycles. The maximum Gasteiger partial charge on any atom is 0.416 e. The molecule has 1 nitrogen and oxygen atoms in total. The van der Waals surface area contributed by atoms with Crippen molar-refractivity contribution in [2.75, 3.05) is 0 Å². The zero-order valence-electron chi connectivity index (χ0n) is 18.5. The molecule has 1 unspecified atom stereocenters. The highest BCUT2D eigenvalue weighted by Gasteiger charge is 2.54. The molecule has 4 aromatic carbocycles. The summed E-state index contributed by atoms with van der Waals surface area (Å²) in [6.45, 7) is 0. The van der Waals surface area contributed by atoms with Crippen LogP contribution in [0.3, 0.4) is 0 Å². The smallest absolute Gasteiger partial charge is 0.293 e. The average Bonchev–Trinajstić information content (AvgIpc) is 3.18. The first kappa shape index (κ1) is 21.4. The van der Waals surface area contributed by atoms with Gasteiger partial charge in [-0.25, -0.2) is 0 Å². The van der Waals surface area contributed by atoms with E-state index in [0.29, 0.717) is 22.3 Å². The Balaban J connectivity index is 1.83. The van der Waals surface area contributed by atoms with Crippen molar-refractivity contribution in [1.82, 2.24) is 0 Å². The molecular weight excluding hydrogens is 445 g/mol. The summed E-state index contributed by atoms with van der Waals surface area (Å²) in [7, 11) is 0. The predicted molar refractivity (Wildman–Crippen MR) is 132 cm³/mol. The maximum absolute atomic E-state index is 14.1. The zero-order valence-corrected chi connectivity index (χ0v) is 18.5. The van der Waals surface area contributed by atoms with E-state index in [1.807, 2.05) is 84.9 Å². The number of alkyl halides is 3. The van der Waals surface area contributed by atoms with Crippen LogP contribution in [0.25, 0.3) is 17.2 Å². The summed E-state index contributed by atoms with van der Waals surface area (Å²) in [4.78, 5) is 14.1. The first-order valence-electron chi connectivity index (χ1n) is 11.3. The Hall–Kier alpha value is -4.18. The van der Waals surface area contributed by atoms with Crippen molar-refractivity contribution in [3.05, 3.63) is 148 Å². The molecule has 0 bridgehead atoms. The quantitative estimate of drug-likeness (QED) is 0.299. The van der Waals surface area contributed by atoms with E-state index >= 15 is 0 Å². The molecule has 0 saturated carbocycles. The summed E-state index contributed by atoms with van der Waals surface area (Å²) in [6, 6.07) is 30.3. The number of fused-ring (bicyclic) bond motifs is 4. The van der Waals surface area contributed by atoms with Crippen molar-refractivity contribution in [3.8, 4) is 0 Å². The zero-order chi connectivity index (χ0) is 24.2. The standard InChI is InChI=1S/C31H19F3O/c32-31(33,34)23-16-17-24-26(19-23)30(25-14-8-7-9-20(25)15-18-27(30)35)29(22-12-5-2-6-13-22)28(24)21-10-3-1-4-11-21/h1-19H. The van der Waals surface area contributed by atoms with Crippen LogP contribution in [0.4, 0.5) is 13.2 Å². The summed E-state index contributed by atoms with van der Waals surface area (Å²) in [6.07, 6.45) is -1.28. The molecule has 1 spiro atoms. The van der Waals surface area contributed by atoms with Crippen molar-refractivity contribution in [2.45, 2.75) is 11.6 Å². The van der Waals surface area contributed by atoms with E-state index in [4.69, 9.17) is 0 Å². The van der Waals surface area contributed by atoms with Crippen LogP contribution in [0.2, 0.25) is 0 Å². The minimum atomic E-state index is -4.54. The second kappa shape index (κ2) is 7.67. The van der Waals surface area contributed by atoms with E-state index in [-0.39, 0.29) is 5.78 Å². The van der Waals surface area contributed by atoms with Gasteiger partial charge in [0.1, 0.15) is 5.41 Å². The minimum absolute atomic E-state index is 0.249. The molecule has 0 amide bonds. The number of benzene rings is 4. The van der Waals surface area contributed by atoms with Gasteiger partial charge in [0.15, 0.2) is 5.78 Å². The van der Waals surface area contributed by atoms with E-state index < -0.39 is 17.2 Å². The molecule has 0 aromatic heterocycles. The van der Waals surface area contributed by atoms with Gasteiger partial charge < -0.3 is 0 Å². The Morgan fingerprint density at radius 1 is 0.629 bits per heavy atom. The van der Waals surface area contributed by atoms with Crippen LogP contribution in [-0.2, 0) is 16.4 Å². The molecule has 6 rings (SSSR count). The van der Waals surface area contributed by atoms with E-state index in [0.717, 1.165) is 28.3 Å². The fourth-order valence-corrected chi connectivity index (χ4v) is 5.52. The number of halogens is 3. The van der Waals surface area contributed by atoms with Crippen LogP contribution < -0.4 is 0 Å². The van der Waals surface area contributed by atoms with Gasteiger partial charge in [0.25, 0.3) is 0 Å². The number of rotatable bonds is 2. The molecule has 2 aliphatic rings. The van der Waals surface area contributed by atoms with E-state index in [2.05, 4.69) is 0 Å². The van der Waals surface area contributed by atoms with Crippen molar-refractivity contribution >= 4 is 23.0 Å². The molecule has 0 N–H and O–H groups in total. The first-order valence-corrected chi connectivity index (χ1v) is 11.3. The largest absolute Gasteiger partial charge is 0.416 e. The Bertz CT molecular complexity index is 1530. The fraction of sp³-hybridized carbons (Fsp3) is 0.0645. The van der Waals surface area contributed by atoms with E-state index in [1.165, 1.54) is 18.2 Å². The molecule has 4 aromatic rings. The van der Waals surface area contributed by atoms with Gasteiger partial charge in [0, 0.05) is 0 Å². The van der Waals surface area contributed by atoms with Crippen molar-refractivity contribution in [2.24, 2.45) is 0 Å². The van der Waals surface area contributed by atoms with Crippen molar-refractivity contribution in [3.63, 3.8) is 0 Å². The predicted octanol–water partition coefficient (Wildman–Crippen LogP) is 7.56. The van der Waals surface area contributed by atoms with Gasteiger partial charge in [0.2, 0.25) is 0 Å². The Kier molecular flexibility index (Phi) is 4.68. The lowest BCUT2D eigenvalue weighted by atomic mass is 9.63. The second-order valence-electron chi connectivity index (χ2n) is 8.78. The lowest BCUT2D eigenvalue weighted by molar-refractivity contribution is -0.137. The fourth-order valence-electron chi connectivity index (χ4n) is 5.52. The molecule has 0 fully saturated rings. The van der Waals surface area contributed by atoms with Gasteiger partial charge in [-0.15, -0.1) is 0 Å². The number of carbonyl (C=O) groups is 1. The third kappa shape index (κ3) is 3.06. The lowest BCUT2D eigenvalue weighted by Crippen LogP contribution is -2.38. The van der Waals surface area contributed by atoms with Crippen molar-refractivity contribution in [1.29, 1.82) is 0 Å². The van der Waals surface area contributed by atoms with Gasteiger partial charge in [-0.2, -0.15) is 13.2 Å². The minimum Gasteiger partial charge on any atom is -0.293 e. The molecule has 2 aliphatic carbocycles. The van der Waals surface area contributed by atoms with Gasteiger partial charge in [0.05, 0.1) is 5.56 Å². The molecule has 170 valence electrons. The molecule has 0 heterocycles. The average molecular weight is 464 g/mol. The third-order valence-corrected chi connectivity index (χ3v) is 6.92. The van der Waals surface area contributed by atoms with Gasteiger partial charge in [-0.3, -0.25) is 4.79 Å². The van der Waals surface area contributed by atoms with Gasteiger partial charge >= 0.3 is 6.18 Å². The number of hydrogen-bond donors (Lipinski definition) is 0. The molecule has 0 saturated heterocycles. The highest BCUT2D eigenvalue weighted by molar-refractivity contribution is 6.24. The monoisotopic (exact) mass is 464 g/mol. The second-order valence-corrected chi connectivity index (χ2v) is 8.78.